The zero-order chi connectivity index (χ0) is 69.0. The summed E-state index contributed by atoms with van der Waals surface area (Å²) in [5, 5.41) is 11.8. The molecule has 0 radical (unpaired) electrons. The van der Waals surface area contributed by atoms with Crippen LogP contribution in [0.25, 0.3) is 0 Å². The lowest BCUT2D eigenvalue weighted by molar-refractivity contribution is -0.870. The molecule has 0 aromatic heterocycles. The van der Waals surface area contributed by atoms with E-state index in [2.05, 4.69) is 245 Å². The van der Waals surface area contributed by atoms with E-state index in [0.717, 1.165) is 173 Å². The lowest BCUT2D eigenvalue weighted by Gasteiger charge is -2.26. The Bertz CT molecular complexity index is 2420. The molecule has 0 aliphatic carbocycles. The molecule has 0 rings (SSSR count). The summed E-state index contributed by atoms with van der Waals surface area (Å²) in [6, 6.07) is 0. The number of esters is 2. The monoisotopic (exact) mass is 1310 g/mol. The standard InChI is InChI=1S/C86H131NO8/c1-6-8-10-12-14-16-18-20-22-24-26-28-30-32-34-36-38-40-42-44-46-48-50-52-54-56-58-60-62-64-66-68-70-72-74-76-83(88)93-80-82(81-94-86(85(90)91)92-79-78-87(3,4)5)95-84(89)77-75-73-71-69-67-65-63-61-59-57-55-53-51-49-47-45-43-41-39-37-35-33-31-29-27-25-23-21-19-17-15-13-11-9-7-2/h8-11,14-17,20-23,26-29,32-35,38-41,44-47,50-53,56-59,63,65,82,86H,6-7,12-13,18-19,24-25,30-31,36-37,42-43,48-49,54-55,60-62,64,66-81H2,1-5H3/b10-8-,11-9-,16-14-,17-15-,22-20-,23-21-,28-26-,29-27-,34-32-,35-33-,40-38-,41-39-,46-44-,47-45-,52-50-,53-51-,58-56-,59-57-,65-63-. The molecule has 0 N–H and O–H groups in total. The van der Waals surface area contributed by atoms with Crippen molar-refractivity contribution < 1.29 is 42.9 Å². The van der Waals surface area contributed by atoms with Crippen LogP contribution in [0.1, 0.15) is 232 Å². The van der Waals surface area contributed by atoms with Gasteiger partial charge in [0.25, 0.3) is 0 Å². The molecule has 0 spiro atoms. The Labute approximate surface area is 580 Å². The van der Waals surface area contributed by atoms with E-state index in [1.807, 2.05) is 21.1 Å². The van der Waals surface area contributed by atoms with Crippen molar-refractivity contribution in [3.05, 3.63) is 231 Å². The number of allylic oxidation sites excluding steroid dienone is 38. The Morgan fingerprint density at radius 3 is 0.842 bits per heavy atom. The Morgan fingerprint density at radius 1 is 0.316 bits per heavy atom. The summed E-state index contributed by atoms with van der Waals surface area (Å²) >= 11 is 0. The van der Waals surface area contributed by atoms with Crippen LogP contribution in [0.2, 0.25) is 0 Å². The lowest BCUT2D eigenvalue weighted by Crippen LogP contribution is -2.44. The van der Waals surface area contributed by atoms with Gasteiger partial charge in [-0.2, -0.15) is 0 Å². The lowest BCUT2D eigenvalue weighted by atomic mass is 10.1. The molecular weight excluding hydrogens is 1170 g/mol. The van der Waals surface area contributed by atoms with Crippen molar-refractivity contribution in [2.24, 2.45) is 0 Å². The average Bonchev–Trinajstić information content (AvgIpc) is 3.58. The van der Waals surface area contributed by atoms with Gasteiger partial charge in [-0.25, -0.2) is 0 Å². The van der Waals surface area contributed by atoms with Crippen LogP contribution in [-0.2, 0) is 33.3 Å². The molecule has 0 aromatic rings. The number of carbonyl (C=O) groups is 3. The van der Waals surface area contributed by atoms with Crippen molar-refractivity contribution in [2.45, 2.75) is 245 Å². The predicted molar refractivity (Wildman–Crippen MR) is 406 cm³/mol. The van der Waals surface area contributed by atoms with Gasteiger partial charge in [-0.15, -0.1) is 0 Å². The highest BCUT2D eigenvalue weighted by Crippen LogP contribution is 2.14. The number of likely N-dealkylation sites (N-methyl/N-ethyl adjacent to an activating group) is 1. The number of nitrogens with zero attached hydrogens (tertiary/aromatic N) is 1. The Kier molecular flexibility index (Phi) is 68.0. The molecular formula is C86H131NO8. The van der Waals surface area contributed by atoms with Gasteiger partial charge in [0.2, 0.25) is 0 Å². The maximum atomic E-state index is 12.9. The highest BCUT2D eigenvalue weighted by Gasteiger charge is 2.22. The van der Waals surface area contributed by atoms with E-state index in [4.69, 9.17) is 18.9 Å². The van der Waals surface area contributed by atoms with Crippen molar-refractivity contribution in [2.75, 3.05) is 47.5 Å². The van der Waals surface area contributed by atoms with Crippen molar-refractivity contribution in [3.8, 4) is 0 Å². The summed E-state index contributed by atoms with van der Waals surface area (Å²) in [5.74, 6) is -2.36. The molecule has 9 heteroatoms. The highest BCUT2D eigenvalue weighted by atomic mass is 16.7. The van der Waals surface area contributed by atoms with Crippen LogP contribution in [0.4, 0.5) is 0 Å². The second-order valence-corrected chi connectivity index (χ2v) is 24.4. The van der Waals surface area contributed by atoms with E-state index in [9.17, 15) is 19.5 Å². The molecule has 0 aliphatic rings. The third-order valence-corrected chi connectivity index (χ3v) is 14.4. The van der Waals surface area contributed by atoms with Crippen molar-refractivity contribution in [1.82, 2.24) is 0 Å². The van der Waals surface area contributed by atoms with Gasteiger partial charge in [0.15, 0.2) is 12.4 Å². The fraction of sp³-hybridized carbons (Fsp3) is 0.523. The quantitative estimate of drug-likeness (QED) is 0.0195. The Hall–Kier alpha value is -6.65. The van der Waals surface area contributed by atoms with Gasteiger partial charge in [0, 0.05) is 12.8 Å². The topological polar surface area (TPSA) is 111 Å². The highest BCUT2D eigenvalue weighted by molar-refractivity contribution is 5.70. The summed E-state index contributed by atoms with van der Waals surface area (Å²) in [6.07, 6.45) is 114. The zero-order valence-electron chi connectivity index (χ0n) is 60.2. The normalized spacial score (nSPS) is 14.1. The second-order valence-electron chi connectivity index (χ2n) is 24.4. The first-order chi connectivity index (χ1) is 46.6. The first-order valence-electron chi connectivity index (χ1n) is 36.5. The molecule has 0 aliphatic heterocycles. The van der Waals surface area contributed by atoms with Crippen molar-refractivity contribution in [3.63, 3.8) is 0 Å². The minimum absolute atomic E-state index is 0.127. The van der Waals surface area contributed by atoms with Crippen LogP contribution >= 0.6 is 0 Å². The summed E-state index contributed by atoms with van der Waals surface area (Å²) in [7, 11) is 5.90. The van der Waals surface area contributed by atoms with E-state index in [1.165, 1.54) is 19.3 Å². The van der Waals surface area contributed by atoms with Crippen molar-refractivity contribution in [1.29, 1.82) is 0 Å². The predicted octanol–water partition coefficient (Wildman–Crippen LogP) is 22.1. The third kappa shape index (κ3) is 74.6. The maximum absolute atomic E-state index is 12.9. The molecule has 528 valence electrons. The van der Waals surface area contributed by atoms with Crippen LogP contribution in [0.5, 0.6) is 0 Å². The molecule has 0 aromatic carbocycles. The molecule has 9 nitrogen and oxygen atoms in total. The fourth-order valence-electron chi connectivity index (χ4n) is 8.91. The number of hydrogen-bond donors (Lipinski definition) is 0. The molecule has 0 saturated heterocycles. The van der Waals surface area contributed by atoms with Gasteiger partial charge >= 0.3 is 11.9 Å². The number of hydrogen-bond acceptors (Lipinski definition) is 8. The molecule has 0 saturated carbocycles. The fourth-order valence-corrected chi connectivity index (χ4v) is 8.91. The number of carboxylic acid groups (broad SMARTS) is 1. The van der Waals surface area contributed by atoms with E-state index in [0.29, 0.717) is 23.9 Å². The number of rotatable bonds is 64. The molecule has 0 fully saturated rings. The van der Waals surface area contributed by atoms with Crippen LogP contribution in [-0.4, -0.2) is 82.3 Å². The van der Waals surface area contributed by atoms with Crippen LogP contribution < -0.4 is 5.11 Å². The SMILES string of the molecule is CC/C=C\C/C=C\C/C=C\C/C=C\C/C=C\C/C=C\C/C=C\C/C=C\C/C=C\C/C=C\CCCCCCC(=O)OC(COC(=O)CCCCCCCCC/C=C\C/C=C\C/C=C\C/C=C\C/C=C\C/C=C\C/C=C\C/C=C\C/C=C\CC)COC(OCC[N+](C)(C)C)C(=O)[O-]. The maximum Gasteiger partial charge on any atom is 0.306 e. The van der Waals surface area contributed by atoms with Gasteiger partial charge in [-0.05, 0) is 161 Å². The molecule has 0 heterocycles. The van der Waals surface area contributed by atoms with Crippen molar-refractivity contribution >= 4 is 17.9 Å². The molecule has 2 unspecified atom stereocenters. The van der Waals surface area contributed by atoms with Gasteiger partial charge in [-0.1, -0.05) is 290 Å². The average molecular weight is 1310 g/mol. The number of aliphatic carboxylic acids is 1. The minimum atomic E-state index is -1.65. The summed E-state index contributed by atoms with van der Waals surface area (Å²) in [4.78, 5) is 37.5. The van der Waals surface area contributed by atoms with E-state index in [-0.39, 0.29) is 38.6 Å². The zero-order valence-corrected chi connectivity index (χ0v) is 60.2. The van der Waals surface area contributed by atoms with E-state index in [1.54, 1.807) is 0 Å². The number of ether oxygens (including phenoxy) is 4. The largest absolute Gasteiger partial charge is 0.545 e. The number of quaternary nitrogens is 1. The summed E-state index contributed by atoms with van der Waals surface area (Å²) in [5.41, 5.74) is 0. The van der Waals surface area contributed by atoms with Gasteiger partial charge in [0.05, 0.1) is 40.3 Å². The summed E-state index contributed by atoms with van der Waals surface area (Å²) < 4.78 is 22.7. The molecule has 2 atom stereocenters. The minimum Gasteiger partial charge on any atom is -0.545 e. The van der Waals surface area contributed by atoms with E-state index >= 15 is 0 Å². The van der Waals surface area contributed by atoms with Crippen LogP contribution in [0.15, 0.2) is 231 Å². The number of carboxylic acids is 1. The molecule has 95 heavy (non-hydrogen) atoms. The number of unbranched alkanes of at least 4 members (excludes halogenated alkanes) is 11. The van der Waals surface area contributed by atoms with Gasteiger partial charge in [0.1, 0.15) is 13.2 Å². The molecule has 0 bridgehead atoms. The first kappa shape index (κ1) is 88.4. The first-order valence-corrected chi connectivity index (χ1v) is 36.5. The van der Waals surface area contributed by atoms with Crippen LogP contribution in [0.3, 0.4) is 0 Å². The number of carbonyl (C=O) groups excluding carboxylic acids is 3. The van der Waals surface area contributed by atoms with Gasteiger partial charge in [-0.3, -0.25) is 9.59 Å². The smallest absolute Gasteiger partial charge is 0.306 e. The molecule has 0 amide bonds. The van der Waals surface area contributed by atoms with Crippen LogP contribution in [0, 0.1) is 0 Å². The van der Waals surface area contributed by atoms with Gasteiger partial charge < -0.3 is 33.3 Å². The summed E-state index contributed by atoms with van der Waals surface area (Å²) in [6.45, 7) is 4.44. The Morgan fingerprint density at radius 2 is 0.568 bits per heavy atom. The Balaban J connectivity index is 4.29. The third-order valence-electron chi connectivity index (χ3n) is 14.4. The van der Waals surface area contributed by atoms with E-state index < -0.39 is 24.3 Å². The second kappa shape index (κ2) is 73.2.